The Morgan fingerprint density at radius 2 is 2.26 bits per heavy atom. The van der Waals surface area contributed by atoms with Crippen molar-refractivity contribution in [1.29, 1.82) is 0 Å². The van der Waals surface area contributed by atoms with Crippen molar-refractivity contribution in [3.8, 4) is 0 Å². The minimum Gasteiger partial charge on any atom is -0.475 e. The van der Waals surface area contributed by atoms with Gasteiger partial charge in [0.2, 0.25) is 5.76 Å². The van der Waals surface area contributed by atoms with Crippen LogP contribution in [0.1, 0.15) is 16.3 Å². The zero-order valence-corrected chi connectivity index (χ0v) is 10.4. The first-order chi connectivity index (χ1) is 9.15. The molecule has 0 amide bonds. The standard InChI is InChI=1S/C12H8N2O4S/c15-11-8-3-4-19-10(8)13-6-14(11)5-7-1-2-9(18-7)12(16)17/h1-4,6H,5H2,(H,16,17). The molecule has 0 spiro atoms. The van der Waals surface area contributed by atoms with E-state index in [4.69, 9.17) is 9.52 Å². The average molecular weight is 276 g/mol. The van der Waals surface area contributed by atoms with Crippen molar-refractivity contribution in [2.45, 2.75) is 6.54 Å². The van der Waals surface area contributed by atoms with Crippen LogP contribution < -0.4 is 5.56 Å². The van der Waals surface area contributed by atoms with E-state index in [1.54, 1.807) is 11.4 Å². The summed E-state index contributed by atoms with van der Waals surface area (Å²) >= 11 is 1.40. The molecule has 0 saturated heterocycles. The molecule has 96 valence electrons. The summed E-state index contributed by atoms with van der Waals surface area (Å²) in [5, 5.41) is 11.1. The van der Waals surface area contributed by atoms with E-state index in [0.29, 0.717) is 16.0 Å². The summed E-state index contributed by atoms with van der Waals surface area (Å²) in [6.07, 6.45) is 1.43. The van der Waals surface area contributed by atoms with Crippen molar-refractivity contribution < 1.29 is 14.3 Å². The third-order valence-electron chi connectivity index (χ3n) is 2.65. The first-order valence-corrected chi connectivity index (χ1v) is 6.28. The number of furan rings is 1. The van der Waals surface area contributed by atoms with Crippen LogP contribution in [0.3, 0.4) is 0 Å². The molecule has 0 aliphatic rings. The first-order valence-electron chi connectivity index (χ1n) is 5.40. The van der Waals surface area contributed by atoms with Crippen molar-refractivity contribution in [2.24, 2.45) is 0 Å². The maximum Gasteiger partial charge on any atom is 0.371 e. The molecule has 0 unspecified atom stereocenters. The monoisotopic (exact) mass is 276 g/mol. The van der Waals surface area contributed by atoms with Gasteiger partial charge in [0.15, 0.2) is 0 Å². The molecule has 0 bridgehead atoms. The van der Waals surface area contributed by atoms with Gasteiger partial charge in [0, 0.05) is 0 Å². The zero-order chi connectivity index (χ0) is 13.4. The summed E-state index contributed by atoms with van der Waals surface area (Å²) in [4.78, 5) is 27.7. The summed E-state index contributed by atoms with van der Waals surface area (Å²) in [5.41, 5.74) is -0.167. The Labute approximate surface area is 110 Å². The molecule has 0 aliphatic carbocycles. The SMILES string of the molecule is O=C(O)c1ccc(Cn2cnc3sccc3c2=O)o1. The van der Waals surface area contributed by atoms with E-state index >= 15 is 0 Å². The molecule has 7 heteroatoms. The summed E-state index contributed by atoms with van der Waals surface area (Å²) < 4.78 is 6.50. The molecular formula is C12H8N2O4S. The number of rotatable bonds is 3. The van der Waals surface area contributed by atoms with Gasteiger partial charge in [-0.05, 0) is 23.6 Å². The Morgan fingerprint density at radius 1 is 1.42 bits per heavy atom. The lowest BCUT2D eigenvalue weighted by atomic mass is 10.4. The number of fused-ring (bicyclic) bond motifs is 1. The minimum absolute atomic E-state index is 0.146. The normalized spacial score (nSPS) is 10.9. The number of thiophene rings is 1. The molecule has 3 aromatic heterocycles. The molecule has 3 aromatic rings. The van der Waals surface area contributed by atoms with Gasteiger partial charge in [-0.1, -0.05) is 0 Å². The smallest absolute Gasteiger partial charge is 0.371 e. The molecule has 0 aromatic carbocycles. The van der Waals surface area contributed by atoms with Gasteiger partial charge in [-0.15, -0.1) is 11.3 Å². The number of carbonyl (C=O) groups is 1. The second kappa shape index (κ2) is 4.36. The van der Waals surface area contributed by atoms with Crippen LogP contribution in [0.5, 0.6) is 0 Å². The van der Waals surface area contributed by atoms with E-state index in [2.05, 4.69) is 4.98 Å². The predicted molar refractivity (Wildman–Crippen MR) is 68.6 cm³/mol. The third-order valence-corrected chi connectivity index (χ3v) is 3.47. The topological polar surface area (TPSA) is 85.3 Å². The van der Waals surface area contributed by atoms with E-state index < -0.39 is 5.97 Å². The van der Waals surface area contributed by atoms with Crippen LogP contribution >= 0.6 is 11.3 Å². The lowest BCUT2D eigenvalue weighted by Gasteiger charge is -2.02. The Bertz CT molecular complexity index is 814. The van der Waals surface area contributed by atoms with Crippen molar-refractivity contribution in [3.63, 3.8) is 0 Å². The van der Waals surface area contributed by atoms with Gasteiger partial charge in [0.1, 0.15) is 10.6 Å². The molecule has 0 radical (unpaired) electrons. The highest BCUT2D eigenvalue weighted by atomic mass is 32.1. The average Bonchev–Trinajstić information content (AvgIpc) is 3.01. The molecular weight excluding hydrogens is 268 g/mol. The van der Waals surface area contributed by atoms with E-state index in [1.165, 1.54) is 34.4 Å². The maximum absolute atomic E-state index is 12.1. The summed E-state index contributed by atoms with van der Waals surface area (Å²) in [6.45, 7) is 0.158. The first kappa shape index (κ1) is 11.7. The summed E-state index contributed by atoms with van der Waals surface area (Å²) in [5.74, 6) is -0.881. The zero-order valence-electron chi connectivity index (χ0n) is 9.57. The number of carboxylic acid groups (broad SMARTS) is 1. The van der Waals surface area contributed by atoms with Gasteiger partial charge in [-0.3, -0.25) is 9.36 Å². The quantitative estimate of drug-likeness (QED) is 0.788. The number of hydrogen-bond donors (Lipinski definition) is 1. The Balaban J connectivity index is 1.98. The van der Waals surface area contributed by atoms with Crippen LogP contribution in [0.15, 0.2) is 39.1 Å². The fourth-order valence-electron chi connectivity index (χ4n) is 1.75. The van der Waals surface area contributed by atoms with Crippen LogP contribution in [0.2, 0.25) is 0 Å². The van der Waals surface area contributed by atoms with Crippen molar-refractivity contribution in [2.75, 3.05) is 0 Å². The molecule has 6 nitrogen and oxygen atoms in total. The second-order valence-corrected chi connectivity index (χ2v) is 4.78. The van der Waals surface area contributed by atoms with Gasteiger partial charge in [-0.25, -0.2) is 9.78 Å². The molecule has 3 heterocycles. The van der Waals surface area contributed by atoms with E-state index in [-0.39, 0.29) is 17.9 Å². The Hall–Kier alpha value is -2.41. The molecule has 0 atom stereocenters. The number of aromatic carboxylic acids is 1. The van der Waals surface area contributed by atoms with E-state index in [1.807, 2.05) is 0 Å². The van der Waals surface area contributed by atoms with Crippen molar-refractivity contribution in [1.82, 2.24) is 9.55 Å². The van der Waals surface area contributed by atoms with Crippen LogP contribution in [0.25, 0.3) is 10.2 Å². The molecule has 0 aliphatic heterocycles. The van der Waals surface area contributed by atoms with Crippen molar-refractivity contribution in [3.05, 3.63) is 51.8 Å². The molecule has 0 saturated carbocycles. The lowest BCUT2D eigenvalue weighted by Crippen LogP contribution is -2.20. The van der Waals surface area contributed by atoms with Crippen LogP contribution in [-0.4, -0.2) is 20.6 Å². The number of hydrogen-bond acceptors (Lipinski definition) is 5. The van der Waals surface area contributed by atoms with Crippen LogP contribution in [0, 0.1) is 0 Å². The predicted octanol–water partition coefficient (Wildman–Crippen LogP) is 1.80. The van der Waals surface area contributed by atoms with Gasteiger partial charge in [0.25, 0.3) is 5.56 Å². The highest BCUT2D eigenvalue weighted by Gasteiger charge is 2.11. The van der Waals surface area contributed by atoms with E-state index in [9.17, 15) is 9.59 Å². The molecule has 19 heavy (non-hydrogen) atoms. The Morgan fingerprint density at radius 3 is 3.00 bits per heavy atom. The van der Waals surface area contributed by atoms with Crippen LogP contribution in [0.4, 0.5) is 0 Å². The highest BCUT2D eigenvalue weighted by molar-refractivity contribution is 7.16. The minimum atomic E-state index is -1.13. The molecule has 0 fully saturated rings. The number of carboxylic acids is 1. The Kier molecular flexibility index (Phi) is 2.68. The van der Waals surface area contributed by atoms with Crippen molar-refractivity contribution >= 4 is 27.5 Å². The fraction of sp³-hybridized carbons (Fsp3) is 0.0833. The van der Waals surface area contributed by atoms with Crippen LogP contribution in [-0.2, 0) is 6.54 Å². The van der Waals surface area contributed by atoms with Gasteiger partial charge in [0.05, 0.1) is 18.3 Å². The van der Waals surface area contributed by atoms with Gasteiger partial charge >= 0.3 is 5.97 Å². The second-order valence-electron chi connectivity index (χ2n) is 3.89. The number of aromatic nitrogens is 2. The fourth-order valence-corrected chi connectivity index (χ4v) is 2.47. The number of nitrogens with zero attached hydrogens (tertiary/aromatic N) is 2. The highest BCUT2D eigenvalue weighted by Crippen LogP contribution is 2.14. The lowest BCUT2D eigenvalue weighted by molar-refractivity contribution is 0.0660. The molecule has 3 rings (SSSR count). The van der Waals surface area contributed by atoms with Gasteiger partial charge < -0.3 is 9.52 Å². The summed E-state index contributed by atoms with van der Waals surface area (Å²) in [7, 11) is 0. The maximum atomic E-state index is 12.1. The molecule has 1 N–H and O–H groups in total. The largest absolute Gasteiger partial charge is 0.475 e. The third kappa shape index (κ3) is 2.04. The summed E-state index contributed by atoms with van der Waals surface area (Å²) in [6, 6.07) is 4.61. The van der Waals surface area contributed by atoms with E-state index in [0.717, 1.165) is 0 Å². The van der Waals surface area contributed by atoms with Gasteiger partial charge in [-0.2, -0.15) is 0 Å².